The molecule has 0 aliphatic heterocycles. The van der Waals surface area contributed by atoms with E-state index in [1.807, 2.05) is 36.4 Å². The number of hydrogen-bond acceptors (Lipinski definition) is 2. The van der Waals surface area contributed by atoms with Crippen molar-refractivity contribution in [2.45, 2.75) is 0 Å². The number of carbonyl (C=O) groups is 1. The van der Waals surface area contributed by atoms with Crippen molar-refractivity contribution < 1.29 is 9.90 Å². The van der Waals surface area contributed by atoms with E-state index < -0.39 is 5.97 Å². The zero-order valence-electron chi connectivity index (χ0n) is 10.4. The van der Waals surface area contributed by atoms with Crippen LogP contribution in [0.5, 0.6) is 0 Å². The van der Waals surface area contributed by atoms with E-state index in [4.69, 9.17) is 16.7 Å². The lowest BCUT2D eigenvalue weighted by molar-refractivity contribution is 0.0697. The van der Waals surface area contributed by atoms with Gasteiger partial charge in [0.15, 0.2) is 0 Å². The Morgan fingerprint density at radius 2 is 1.95 bits per heavy atom. The van der Waals surface area contributed by atoms with Gasteiger partial charge in [-0.15, -0.1) is 0 Å². The molecule has 4 heteroatoms. The van der Waals surface area contributed by atoms with Crippen molar-refractivity contribution >= 4 is 28.5 Å². The zero-order valence-corrected chi connectivity index (χ0v) is 11.1. The minimum atomic E-state index is -1.03. The van der Waals surface area contributed by atoms with Gasteiger partial charge in [0.1, 0.15) is 0 Å². The minimum absolute atomic E-state index is 0.102. The van der Waals surface area contributed by atoms with Gasteiger partial charge >= 0.3 is 5.97 Å². The lowest BCUT2D eigenvalue weighted by Crippen LogP contribution is -1.97. The number of carboxylic acid groups (broad SMARTS) is 1. The molecule has 0 saturated carbocycles. The van der Waals surface area contributed by atoms with Crippen LogP contribution in [0.3, 0.4) is 0 Å². The van der Waals surface area contributed by atoms with Crippen LogP contribution in [0.15, 0.2) is 54.7 Å². The van der Waals surface area contributed by atoms with Gasteiger partial charge in [-0.3, -0.25) is 4.98 Å². The van der Waals surface area contributed by atoms with Crippen molar-refractivity contribution in [3.63, 3.8) is 0 Å². The Morgan fingerprint density at radius 3 is 2.75 bits per heavy atom. The van der Waals surface area contributed by atoms with Crippen molar-refractivity contribution in [2.24, 2.45) is 0 Å². The van der Waals surface area contributed by atoms with Crippen LogP contribution >= 0.6 is 11.6 Å². The normalized spacial score (nSPS) is 10.7. The van der Waals surface area contributed by atoms with Gasteiger partial charge in [0, 0.05) is 11.6 Å². The van der Waals surface area contributed by atoms with Crippen molar-refractivity contribution in [1.29, 1.82) is 0 Å². The van der Waals surface area contributed by atoms with Crippen LogP contribution < -0.4 is 0 Å². The molecule has 0 unspecified atom stereocenters. The van der Waals surface area contributed by atoms with Crippen molar-refractivity contribution in [3.05, 3.63) is 65.3 Å². The molecule has 3 nitrogen and oxygen atoms in total. The van der Waals surface area contributed by atoms with Crippen LogP contribution in [0.1, 0.15) is 10.4 Å². The first-order valence-corrected chi connectivity index (χ1v) is 6.41. The smallest absolute Gasteiger partial charge is 0.337 e. The van der Waals surface area contributed by atoms with E-state index >= 15 is 0 Å². The second-order valence-corrected chi connectivity index (χ2v) is 4.78. The van der Waals surface area contributed by atoms with E-state index in [1.165, 1.54) is 0 Å². The Hall–Kier alpha value is -2.39. The molecule has 1 N–H and O–H groups in total. The first-order valence-electron chi connectivity index (χ1n) is 6.04. The molecule has 3 aromatic rings. The predicted octanol–water partition coefficient (Wildman–Crippen LogP) is 4.25. The molecule has 0 fully saturated rings. The second kappa shape index (κ2) is 4.94. The topological polar surface area (TPSA) is 50.2 Å². The number of benzene rings is 2. The lowest BCUT2D eigenvalue weighted by atomic mass is 9.99. The van der Waals surface area contributed by atoms with Gasteiger partial charge in [-0.2, -0.15) is 0 Å². The van der Waals surface area contributed by atoms with E-state index in [1.54, 1.807) is 18.3 Å². The number of aromatic carboxylic acids is 1. The molecule has 3 rings (SSSR count). The van der Waals surface area contributed by atoms with Crippen molar-refractivity contribution in [1.82, 2.24) is 4.98 Å². The largest absolute Gasteiger partial charge is 0.478 e. The molecular weight excluding hydrogens is 274 g/mol. The number of fused-ring (bicyclic) bond motifs is 1. The molecule has 2 aromatic carbocycles. The van der Waals surface area contributed by atoms with Gasteiger partial charge in [0.2, 0.25) is 0 Å². The molecule has 20 heavy (non-hydrogen) atoms. The summed E-state index contributed by atoms with van der Waals surface area (Å²) in [7, 11) is 0. The summed E-state index contributed by atoms with van der Waals surface area (Å²) in [4.78, 5) is 15.5. The molecule has 0 bridgehead atoms. The van der Waals surface area contributed by atoms with Gasteiger partial charge in [0.05, 0.1) is 16.1 Å². The summed E-state index contributed by atoms with van der Waals surface area (Å²) in [6.07, 6.45) is 1.73. The van der Waals surface area contributed by atoms with Crippen LogP contribution in [0.4, 0.5) is 0 Å². The zero-order chi connectivity index (χ0) is 14.1. The van der Waals surface area contributed by atoms with Crippen LogP contribution in [0.25, 0.3) is 22.0 Å². The number of rotatable bonds is 2. The Labute approximate surface area is 120 Å². The summed E-state index contributed by atoms with van der Waals surface area (Å²) < 4.78 is 0. The van der Waals surface area contributed by atoms with Crippen molar-refractivity contribution in [2.75, 3.05) is 0 Å². The van der Waals surface area contributed by atoms with Gasteiger partial charge in [0.25, 0.3) is 0 Å². The maximum absolute atomic E-state index is 11.2. The van der Waals surface area contributed by atoms with Gasteiger partial charge in [-0.05, 0) is 35.4 Å². The number of hydrogen-bond donors (Lipinski definition) is 1. The lowest BCUT2D eigenvalue weighted by Gasteiger charge is -2.08. The quantitative estimate of drug-likeness (QED) is 0.765. The van der Waals surface area contributed by atoms with Crippen LogP contribution in [0, 0.1) is 0 Å². The summed E-state index contributed by atoms with van der Waals surface area (Å²) >= 11 is 5.90. The Kier molecular flexibility index (Phi) is 3.12. The van der Waals surface area contributed by atoms with E-state index in [0.29, 0.717) is 0 Å². The minimum Gasteiger partial charge on any atom is -0.478 e. The summed E-state index contributed by atoms with van der Waals surface area (Å²) in [5, 5.41) is 10.4. The molecule has 98 valence electrons. The summed E-state index contributed by atoms with van der Waals surface area (Å²) in [5.74, 6) is -1.03. The molecule has 0 saturated heterocycles. The molecule has 1 heterocycles. The highest BCUT2D eigenvalue weighted by Crippen LogP contribution is 2.30. The second-order valence-electron chi connectivity index (χ2n) is 4.38. The molecule has 0 spiro atoms. The highest BCUT2D eigenvalue weighted by atomic mass is 35.5. The first kappa shape index (κ1) is 12.6. The third kappa shape index (κ3) is 2.12. The van der Waals surface area contributed by atoms with E-state index in [9.17, 15) is 4.79 Å². The van der Waals surface area contributed by atoms with Crippen LogP contribution in [0.2, 0.25) is 5.02 Å². The fourth-order valence-corrected chi connectivity index (χ4v) is 2.41. The molecule has 0 aliphatic rings. The third-order valence-electron chi connectivity index (χ3n) is 3.15. The number of aromatic nitrogens is 1. The molecule has 1 aromatic heterocycles. The summed E-state index contributed by atoms with van der Waals surface area (Å²) in [6, 6.07) is 14.6. The summed E-state index contributed by atoms with van der Waals surface area (Å²) in [5.41, 5.74) is 2.72. The van der Waals surface area contributed by atoms with Gasteiger partial charge < -0.3 is 5.11 Å². The van der Waals surface area contributed by atoms with E-state index in [-0.39, 0.29) is 10.6 Å². The maximum atomic E-state index is 11.2. The molecular formula is C16H10ClNO2. The number of pyridine rings is 1. The number of nitrogens with zero attached hydrogens (tertiary/aromatic N) is 1. The van der Waals surface area contributed by atoms with Gasteiger partial charge in [-0.25, -0.2) is 4.79 Å². The average Bonchev–Trinajstić information content (AvgIpc) is 2.47. The molecule has 0 atom stereocenters. The predicted molar refractivity (Wildman–Crippen MR) is 79.1 cm³/mol. The highest BCUT2D eigenvalue weighted by molar-refractivity contribution is 6.33. The number of carboxylic acids is 1. The Bertz CT molecular complexity index is 809. The molecule has 0 amide bonds. The van der Waals surface area contributed by atoms with Crippen LogP contribution in [-0.4, -0.2) is 16.1 Å². The fraction of sp³-hybridized carbons (Fsp3) is 0. The average molecular weight is 284 g/mol. The standard InChI is InChI=1S/C16H10ClNO2/c17-14-7-6-10(9-13(14)16(19)20)11-3-1-5-15-12(11)4-2-8-18-15/h1-9H,(H,19,20). The van der Waals surface area contributed by atoms with Crippen molar-refractivity contribution in [3.8, 4) is 11.1 Å². The van der Waals surface area contributed by atoms with E-state index in [2.05, 4.69) is 4.98 Å². The molecule has 0 aliphatic carbocycles. The third-order valence-corrected chi connectivity index (χ3v) is 3.48. The molecule has 0 radical (unpaired) electrons. The SMILES string of the molecule is O=C(O)c1cc(-c2cccc3ncccc23)ccc1Cl. The monoisotopic (exact) mass is 283 g/mol. The number of halogens is 1. The maximum Gasteiger partial charge on any atom is 0.337 e. The first-order chi connectivity index (χ1) is 9.66. The fourth-order valence-electron chi connectivity index (χ4n) is 2.21. The van der Waals surface area contributed by atoms with Gasteiger partial charge in [-0.1, -0.05) is 35.9 Å². The Morgan fingerprint density at radius 1 is 1.10 bits per heavy atom. The highest BCUT2D eigenvalue weighted by Gasteiger charge is 2.11. The Balaban J connectivity index is 2.26. The van der Waals surface area contributed by atoms with E-state index in [0.717, 1.165) is 22.0 Å². The van der Waals surface area contributed by atoms with Crippen LogP contribution in [-0.2, 0) is 0 Å². The summed E-state index contributed by atoms with van der Waals surface area (Å²) in [6.45, 7) is 0.